The molecule has 0 spiro atoms. The van der Waals surface area contributed by atoms with Crippen LogP contribution in [0, 0.1) is 0 Å². The Morgan fingerprint density at radius 2 is 1.87 bits per heavy atom. The number of benzene rings is 1. The number of amides is 1. The van der Waals surface area contributed by atoms with Crippen LogP contribution in [0.15, 0.2) is 30.3 Å². The molecular weight excluding hydrogens is 196 g/mol. The van der Waals surface area contributed by atoms with Crippen molar-refractivity contribution >= 4 is 17.6 Å². The summed E-state index contributed by atoms with van der Waals surface area (Å²) in [7, 11) is 0. The fourth-order valence-corrected chi connectivity index (χ4v) is 1.18. The van der Waals surface area contributed by atoms with Crippen LogP contribution in [0.5, 0.6) is 0 Å². The van der Waals surface area contributed by atoms with E-state index in [4.69, 9.17) is 10.8 Å². The summed E-state index contributed by atoms with van der Waals surface area (Å²) in [5, 5.41) is 8.65. The molecule has 0 saturated heterocycles. The van der Waals surface area contributed by atoms with Crippen LogP contribution in [0.1, 0.15) is 0 Å². The van der Waals surface area contributed by atoms with E-state index < -0.39 is 11.9 Å². The van der Waals surface area contributed by atoms with Gasteiger partial charge >= 0.3 is 5.97 Å². The van der Waals surface area contributed by atoms with Gasteiger partial charge in [-0.25, -0.2) is 0 Å². The molecule has 0 aliphatic rings. The van der Waals surface area contributed by atoms with Gasteiger partial charge in [-0.1, -0.05) is 18.2 Å². The lowest BCUT2D eigenvalue weighted by Gasteiger charge is -2.19. The second-order valence-corrected chi connectivity index (χ2v) is 2.91. The number of hydrogen-bond acceptors (Lipinski definition) is 3. The lowest BCUT2D eigenvalue weighted by molar-refractivity contribution is -0.136. The van der Waals surface area contributed by atoms with Crippen LogP contribution in [0.2, 0.25) is 0 Å². The lowest BCUT2D eigenvalue weighted by atomic mass is 10.3. The molecule has 0 aromatic heterocycles. The maximum Gasteiger partial charge on any atom is 0.323 e. The molecule has 15 heavy (non-hydrogen) atoms. The van der Waals surface area contributed by atoms with Gasteiger partial charge in [-0.2, -0.15) is 0 Å². The molecule has 1 aromatic rings. The fraction of sp³-hybridized carbons (Fsp3) is 0.200. The molecule has 0 aliphatic heterocycles. The third-order valence-electron chi connectivity index (χ3n) is 1.84. The number of hydrogen-bond donors (Lipinski definition) is 2. The topological polar surface area (TPSA) is 83.6 Å². The van der Waals surface area contributed by atoms with E-state index >= 15 is 0 Å². The van der Waals surface area contributed by atoms with Crippen LogP contribution in [0.3, 0.4) is 0 Å². The first-order valence-electron chi connectivity index (χ1n) is 4.42. The number of rotatable bonds is 4. The fourth-order valence-electron chi connectivity index (χ4n) is 1.18. The van der Waals surface area contributed by atoms with Crippen molar-refractivity contribution in [3.05, 3.63) is 30.3 Å². The highest BCUT2D eigenvalue weighted by Crippen LogP contribution is 2.12. The van der Waals surface area contributed by atoms with E-state index in [1.165, 1.54) is 0 Å². The van der Waals surface area contributed by atoms with Crippen molar-refractivity contribution in [3.8, 4) is 0 Å². The molecule has 1 amide bonds. The van der Waals surface area contributed by atoms with Crippen molar-refractivity contribution in [2.45, 2.75) is 0 Å². The first-order valence-corrected chi connectivity index (χ1v) is 4.42. The van der Waals surface area contributed by atoms with E-state index in [1.54, 1.807) is 30.3 Å². The highest BCUT2D eigenvalue weighted by Gasteiger charge is 2.16. The average Bonchev–Trinajstić information content (AvgIpc) is 2.26. The maximum absolute atomic E-state index is 11.4. The van der Waals surface area contributed by atoms with Crippen molar-refractivity contribution in [2.24, 2.45) is 5.73 Å². The molecule has 0 atom stereocenters. The Balaban J connectivity index is 2.91. The molecule has 5 nitrogen and oxygen atoms in total. The van der Waals surface area contributed by atoms with Crippen LogP contribution in [0.4, 0.5) is 5.69 Å². The summed E-state index contributed by atoms with van der Waals surface area (Å²) < 4.78 is 0. The molecular formula is C10H12N2O3. The predicted molar refractivity (Wildman–Crippen MR) is 55.5 cm³/mol. The molecule has 80 valence electrons. The van der Waals surface area contributed by atoms with Gasteiger partial charge in [0, 0.05) is 5.69 Å². The highest BCUT2D eigenvalue weighted by molar-refractivity contribution is 5.98. The smallest absolute Gasteiger partial charge is 0.323 e. The van der Waals surface area contributed by atoms with E-state index in [0.717, 1.165) is 4.90 Å². The van der Waals surface area contributed by atoms with Crippen LogP contribution in [-0.2, 0) is 9.59 Å². The second-order valence-electron chi connectivity index (χ2n) is 2.91. The summed E-state index contributed by atoms with van der Waals surface area (Å²) in [5.74, 6) is -1.48. The van der Waals surface area contributed by atoms with Crippen molar-refractivity contribution in [1.82, 2.24) is 0 Å². The number of carboxylic acid groups (broad SMARTS) is 1. The maximum atomic E-state index is 11.4. The van der Waals surface area contributed by atoms with Crippen LogP contribution < -0.4 is 10.6 Å². The first-order chi connectivity index (χ1) is 7.15. The Morgan fingerprint density at radius 1 is 1.27 bits per heavy atom. The molecule has 0 unspecified atom stereocenters. The quantitative estimate of drug-likeness (QED) is 0.733. The number of anilines is 1. The number of carbonyl (C=O) groups is 2. The largest absolute Gasteiger partial charge is 0.480 e. The van der Waals surface area contributed by atoms with E-state index in [1.807, 2.05) is 0 Å². The average molecular weight is 208 g/mol. The number of nitrogens with zero attached hydrogens (tertiary/aromatic N) is 1. The Morgan fingerprint density at radius 3 is 2.33 bits per heavy atom. The molecule has 1 rings (SSSR count). The van der Waals surface area contributed by atoms with Gasteiger partial charge in [-0.15, -0.1) is 0 Å². The van der Waals surface area contributed by atoms with Gasteiger partial charge in [0.1, 0.15) is 6.54 Å². The number of aliphatic carboxylic acids is 1. The van der Waals surface area contributed by atoms with E-state index in [-0.39, 0.29) is 13.1 Å². The SMILES string of the molecule is NCC(=O)N(CC(=O)O)c1ccccc1. The number of carboxylic acids is 1. The molecule has 0 bridgehead atoms. The minimum absolute atomic E-state index is 0.206. The minimum Gasteiger partial charge on any atom is -0.480 e. The number of carbonyl (C=O) groups excluding carboxylic acids is 1. The summed E-state index contributed by atoms with van der Waals surface area (Å²) in [6.45, 7) is -0.581. The third-order valence-corrected chi connectivity index (χ3v) is 1.84. The summed E-state index contributed by atoms with van der Waals surface area (Å²) in [4.78, 5) is 23.1. The summed E-state index contributed by atoms with van der Waals surface area (Å²) in [6, 6.07) is 8.57. The summed E-state index contributed by atoms with van der Waals surface area (Å²) >= 11 is 0. The zero-order valence-corrected chi connectivity index (χ0v) is 8.09. The van der Waals surface area contributed by atoms with Gasteiger partial charge in [-0.05, 0) is 12.1 Å². The molecule has 0 radical (unpaired) electrons. The van der Waals surface area contributed by atoms with Gasteiger partial charge in [0.05, 0.1) is 6.54 Å². The Labute approximate surface area is 87.1 Å². The summed E-state index contributed by atoms with van der Waals surface area (Å²) in [6.07, 6.45) is 0. The molecule has 0 fully saturated rings. The summed E-state index contributed by atoms with van der Waals surface area (Å²) in [5.41, 5.74) is 5.74. The Bertz CT molecular complexity index is 351. The lowest BCUT2D eigenvalue weighted by Crippen LogP contribution is -2.39. The van der Waals surface area contributed by atoms with Gasteiger partial charge in [-0.3, -0.25) is 9.59 Å². The van der Waals surface area contributed by atoms with Gasteiger partial charge in [0.2, 0.25) is 5.91 Å². The van der Waals surface area contributed by atoms with Crippen molar-refractivity contribution in [3.63, 3.8) is 0 Å². The van der Waals surface area contributed by atoms with Crippen molar-refractivity contribution < 1.29 is 14.7 Å². The molecule has 1 aromatic carbocycles. The molecule has 0 saturated carbocycles. The first kappa shape index (κ1) is 11.2. The number of nitrogens with two attached hydrogens (primary N) is 1. The van der Waals surface area contributed by atoms with Crippen LogP contribution in [0.25, 0.3) is 0 Å². The van der Waals surface area contributed by atoms with Crippen LogP contribution in [-0.4, -0.2) is 30.1 Å². The zero-order chi connectivity index (χ0) is 11.3. The highest BCUT2D eigenvalue weighted by atomic mass is 16.4. The van der Waals surface area contributed by atoms with Crippen LogP contribution >= 0.6 is 0 Å². The minimum atomic E-state index is -1.07. The Kier molecular flexibility index (Phi) is 3.82. The van der Waals surface area contributed by atoms with Gasteiger partial charge in [0.15, 0.2) is 0 Å². The molecule has 0 aliphatic carbocycles. The van der Waals surface area contributed by atoms with Crippen molar-refractivity contribution in [2.75, 3.05) is 18.0 Å². The third kappa shape index (κ3) is 3.07. The monoisotopic (exact) mass is 208 g/mol. The van der Waals surface area contributed by atoms with E-state index in [2.05, 4.69) is 0 Å². The van der Waals surface area contributed by atoms with Crippen molar-refractivity contribution in [1.29, 1.82) is 0 Å². The molecule has 3 N–H and O–H groups in total. The zero-order valence-electron chi connectivity index (χ0n) is 8.09. The van der Waals surface area contributed by atoms with Gasteiger partial charge in [0.25, 0.3) is 0 Å². The Hall–Kier alpha value is -1.88. The second kappa shape index (κ2) is 5.11. The van der Waals surface area contributed by atoms with E-state index in [0.29, 0.717) is 5.69 Å². The molecule has 0 heterocycles. The normalized spacial score (nSPS) is 9.67. The number of para-hydroxylation sites is 1. The predicted octanol–water partition coefficient (Wildman–Crippen LogP) is 0.0629. The standard InChI is InChI=1S/C10H12N2O3/c11-6-9(13)12(7-10(14)15)8-4-2-1-3-5-8/h1-5H,6-7,11H2,(H,14,15). The van der Waals surface area contributed by atoms with E-state index in [9.17, 15) is 9.59 Å². The molecule has 5 heteroatoms. The van der Waals surface area contributed by atoms with Gasteiger partial charge < -0.3 is 15.7 Å².